The molecule has 0 unspecified atom stereocenters. The fourth-order valence-electron chi connectivity index (χ4n) is 1.03. The summed E-state index contributed by atoms with van der Waals surface area (Å²) in [7, 11) is 0. The number of terminal acetylenes is 1. The van der Waals surface area contributed by atoms with Gasteiger partial charge in [0, 0.05) is 6.54 Å². The molecule has 1 rings (SSSR count). The van der Waals surface area contributed by atoms with Gasteiger partial charge >= 0.3 is 0 Å². The van der Waals surface area contributed by atoms with Crippen LogP contribution in [0.5, 0.6) is 5.75 Å². The van der Waals surface area contributed by atoms with Crippen LogP contribution < -0.4 is 5.32 Å². The highest BCUT2D eigenvalue weighted by atomic mass is 35.5. The molecule has 0 aliphatic heterocycles. The third-order valence-corrected chi connectivity index (χ3v) is 2.41. The van der Waals surface area contributed by atoms with Gasteiger partial charge in [0.25, 0.3) is 0 Å². The first-order valence-electron chi connectivity index (χ1n) is 4.65. The minimum atomic E-state index is -0.343. The lowest BCUT2D eigenvalue weighted by Gasteiger charge is -2.19. The molecule has 0 heterocycles. The molecule has 15 heavy (non-hydrogen) atoms. The van der Waals surface area contributed by atoms with Crippen LogP contribution in [0.1, 0.15) is 19.4 Å². The Bertz CT molecular complexity index is 393. The Morgan fingerprint density at radius 2 is 2.20 bits per heavy atom. The van der Waals surface area contributed by atoms with Crippen LogP contribution in [-0.4, -0.2) is 10.6 Å². The lowest BCUT2D eigenvalue weighted by Crippen LogP contribution is -2.36. The summed E-state index contributed by atoms with van der Waals surface area (Å²) in [6, 6.07) is 5.10. The molecule has 0 aliphatic rings. The first-order valence-corrected chi connectivity index (χ1v) is 5.02. The largest absolute Gasteiger partial charge is 0.506 e. The number of aromatic hydroxyl groups is 1. The molecule has 0 saturated carbocycles. The Morgan fingerprint density at radius 1 is 1.53 bits per heavy atom. The second kappa shape index (κ2) is 4.57. The SMILES string of the molecule is C#CC(C)(C)NCc1ccc(O)c(Cl)c1. The topological polar surface area (TPSA) is 32.3 Å². The highest BCUT2D eigenvalue weighted by Gasteiger charge is 2.12. The monoisotopic (exact) mass is 223 g/mol. The summed E-state index contributed by atoms with van der Waals surface area (Å²) in [5, 5.41) is 12.8. The number of hydrogen-bond donors (Lipinski definition) is 2. The summed E-state index contributed by atoms with van der Waals surface area (Å²) >= 11 is 5.78. The molecule has 0 fully saturated rings. The molecular weight excluding hydrogens is 210 g/mol. The highest BCUT2D eigenvalue weighted by molar-refractivity contribution is 6.32. The maximum absolute atomic E-state index is 9.23. The fourth-order valence-corrected chi connectivity index (χ4v) is 1.24. The first kappa shape index (κ1) is 11.9. The molecule has 0 spiro atoms. The van der Waals surface area contributed by atoms with Crippen molar-refractivity contribution in [1.82, 2.24) is 5.32 Å². The predicted octanol–water partition coefficient (Wildman–Crippen LogP) is 2.55. The number of hydrogen-bond acceptors (Lipinski definition) is 2. The number of nitrogens with one attached hydrogen (secondary N) is 1. The third kappa shape index (κ3) is 3.47. The summed E-state index contributed by atoms with van der Waals surface area (Å²) in [5.74, 6) is 2.74. The van der Waals surface area contributed by atoms with Crippen LogP contribution in [0.3, 0.4) is 0 Å². The summed E-state index contributed by atoms with van der Waals surface area (Å²) in [6.07, 6.45) is 5.35. The van der Waals surface area contributed by atoms with Gasteiger partial charge in [-0.15, -0.1) is 6.42 Å². The lowest BCUT2D eigenvalue weighted by atomic mass is 10.1. The minimum Gasteiger partial charge on any atom is -0.506 e. The van der Waals surface area contributed by atoms with Gasteiger partial charge in [0.05, 0.1) is 10.6 Å². The van der Waals surface area contributed by atoms with Crippen molar-refractivity contribution in [2.24, 2.45) is 0 Å². The van der Waals surface area contributed by atoms with Crippen LogP contribution in [0.4, 0.5) is 0 Å². The van der Waals surface area contributed by atoms with E-state index in [2.05, 4.69) is 11.2 Å². The molecule has 0 saturated heterocycles. The second-order valence-corrected chi connectivity index (χ2v) is 4.32. The molecular formula is C12H14ClNO. The van der Waals surface area contributed by atoms with E-state index in [9.17, 15) is 5.11 Å². The van der Waals surface area contributed by atoms with E-state index >= 15 is 0 Å². The number of rotatable bonds is 3. The minimum absolute atomic E-state index is 0.0941. The molecule has 0 aliphatic carbocycles. The lowest BCUT2D eigenvalue weighted by molar-refractivity contribution is 0.473. The standard InChI is InChI=1S/C12H14ClNO/c1-4-12(2,3)14-8-9-5-6-11(15)10(13)7-9/h1,5-7,14-15H,8H2,2-3H3. The van der Waals surface area contributed by atoms with Crippen LogP contribution in [-0.2, 0) is 6.54 Å². The zero-order chi connectivity index (χ0) is 11.5. The normalized spacial score (nSPS) is 11.1. The highest BCUT2D eigenvalue weighted by Crippen LogP contribution is 2.23. The third-order valence-electron chi connectivity index (χ3n) is 2.11. The summed E-state index contributed by atoms with van der Waals surface area (Å²) in [6.45, 7) is 4.47. The van der Waals surface area contributed by atoms with Crippen molar-refractivity contribution >= 4 is 11.6 Å². The van der Waals surface area contributed by atoms with Crippen LogP contribution in [0.2, 0.25) is 5.02 Å². The number of halogens is 1. The fraction of sp³-hybridized carbons (Fsp3) is 0.333. The van der Waals surface area contributed by atoms with Crippen LogP contribution in [0.15, 0.2) is 18.2 Å². The number of phenols is 1. The second-order valence-electron chi connectivity index (χ2n) is 3.91. The van der Waals surface area contributed by atoms with Crippen LogP contribution in [0, 0.1) is 12.3 Å². The molecule has 0 amide bonds. The van der Waals surface area contributed by atoms with Gasteiger partial charge < -0.3 is 5.11 Å². The smallest absolute Gasteiger partial charge is 0.134 e. The molecule has 0 radical (unpaired) electrons. The van der Waals surface area contributed by atoms with E-state index in [1.54, 1.807) is 18.2 Å². The van der Waals surface area contributed by atoms with Gasteiger partial charge in [-0.05, 0) is 31.5 Å². The predicted molar refractivity (Wildman–Crippen MR) is 62.9 cm³/mol. The van der Waals surface area contributed by atoms with E-state index < -0.39 is 0 Å². The van der Waals surface area contributed by atoms with Crippen molar-refractivity contribution in [2.45, 2.75) is 25.9 Å². The van der Waals surface area contributed by atoms with Crippen molar-refractivity contribution in [3.63, 3.8) is 0 Å². The molecule has 1 aromatic carbocycles. The summed E-state index contributed by atoms with van der Waals surface area (Å²) in [4.78, 5) is 0. The Labute approximate surface area is 95.3 Å². The van der Waals surface area contributed by atoms with Crippen molar-refractivity contribution in [1.29, 1.82) is 0 Å². The van der Waals surface area contributed by atoms with Gasteiger partial charge in [-0.25, -0.2) is 0 Å². The molecule has 3 heteroatoms. The molecule has 1 aromatic rings. The van der Waals surface area contributed by atoms with Crippen LogP contribution >= 0.6 is 11.6 Å². The van der Waals surface area contributed by atoms with Gasteiger partial charge in [-0.3, -0.25) is 5.32 Å². The van der Waals surface area contributed by atoms with Crippen molar-refractivity contribution < 1.29 is 5.11 Å². The molecule has 80 valence electrons. The zero-order valence-corrected chi connectivity index (χ0v) is 9.60. The van der Waals surface area contributed by atoms with E-state index in [0.29, 0.717) is 11.6 Å². The Morgan fingerprint density at radius 3 is 2.73 bits per heavy atom. The maximum Gasteiger partial charge on any atom is 0.134 e. The van der Waals surface area contributed by atoms with Gasteiger partial charge in [0.1, 0.15) is 5.75 Å². The molecule has 2 N–H and O–H groups in total. The van der Waals surface area contributed by atoms with Crippen molar-refractivity contribution in [3.05, 3.63) is 28.8 Å². The number of benzene rings is 1. The van der Waals surface area contributed by atoms with Gasteiger partial charge in [-0.2, -0.15) is 0 Å². The Balaban J connectivity index is 2.67. The van der Waals surface area contributed by atoms with E-state index in [0.717, 1.165) is 5.56 Å². The Hall–Kier alpha value is -1.17. The first-order chi connectivity index (χ1) is 6.94. The number of phenolic OH excluding ortho intramolecular Hbond substituents is 1. The summed E-state index contributed by atoms with van der Waals surface area (Å²) < 4.78 is 0. The van der Waals surface area contributed by atoms with Crippen molar-refractivity contribution in [3.8, 4) is 18.1 Å². The van der Waals surface area contributed by atoms with E-state index in [1.807, 2.05) is 13.8 Å². The molecule has 0 bridgehead atoms. The quantitative estimate of drug-likeness (QED) is 0.772. The molecule has 0 aromatic heterocycles. The van der Waals surface area contributed by atoms with Gasteiger partial charge in [0.15, 0.2) is 0 Å². The molecule has 0 atom stereocenters. The average molecular weight is 224 g/mol. The van der Waals surface area contributed by atoms with E-state index in [-0.39, 0.29) is 11.3 Å². The van der Waals surface area contributed by atoms with Gasteiger partial charge in [0.2, 0.25) is 0 Å². The van der Waals surface area contributed by atoms with Crippen molar-refractivity contribution in [2.75, 3.05) is 0 Å². The average Bonchev–Trinajstić information content (AvgIpc) is 2.20. The van der Waals surface area contributed by atoms with Gasteiger partial charge in [-0.1, -0.05) is 23.6 Å². The Kier molecular flexibility index (Phi) is 3.62. The van der Waals surface area contributed by atoms with E-state index in [4.69, 9.17) is 18.0 Å². The van der Waals surface area contributed by atoms with E-state index in [1.165, 1.54) is 0 Å². The maximum atomic E-state index is 9.23. The zero-order valence-electron chi connectivity index (χ0n) is 8.84. The van der Waals surface area contributed by atoms with Crippen LogP contribution in [0.25, 0.3) is 0 Å². The molecule has 2 nitrogen and oxygen atoms in total. The summed E-state index contributed by atoms with van der Waals surface area (Å²) in [5.41, 5.74) is 0.644.